The lowest BCUT2D eigenvalue weighted by Crippen LogP contribution is -2.37. The van der Waals surface area contributed by atoms with Gasteiger partial charge in [-0.2, -0.15) is 5.26 Å². The molecule has 1 unspecified atom stereocenters. The summed E-state index contributed by atoms with van der Waals surface area (Å²) in [5.41, 5.74) is 0. The third-order valence-electron chi connectivity index (χ3n) is 2.66. The van der Waals surface area contributed by atoms with Crippen LogP contribution in [0.15, 0.2) is 0 Å². The number of hydrogen-bond donors (Lipinski definition) is 1. The van der Waals surface area contributed by atoms with Crippen molar-refractivity contribution in [2.24, 2.45) is 5.92 Å². The Morgan fingerprint density at radius 2 is 1.89 bits per heavy atom. The van der Waals surface area contributed by atoms with Gasteiger partial charge in [-0.1, -0.05) is 0 Å². The largest absolute Gasteiger partial charge is 0.481 e. The summed E-state index contributed by atoms with van der Waals surface area (Å²) >= 11 is 0. The van der Waals surface area contributed by atoms with E-state index in [-0.39, 0.29) is 6.42 Å². The molecule has 0 aliphatic rings. The van der Waals surface area contributed by atoms with Crippen LogP contribution in [0.3, 0.4) is 0 Å². The third kappa shape index (κ3) is 8.01. The van der Waals surface area contributed by atoms with E-state index in [1.54, 1.807) is 14.2 Å². The van der Waals surface area contributed by atoms with Crippen molar-refractivity contribution in [3.63, 3.8) is 0 Å². The van der Waals surface area contributed by atoms with E-state index in [1.165, 1.54) is 0 Å². The molecule has 18 heavy (non-hydrogen) atoms. The lowest BCUT2D eigenvalue weighted by atomic mass is 10.0. The molecule has 0 fully saturated rings. The van der Waals surface area contributed by atoms with E-state index in [9.17, 15) is 4.79 Å². The second-order valence-corrected chi connectivity index (χ2v) is 4.02. The summed E-state index contributed by atoms with van der Waals surface area (Å²) in [5.74, 6) is -1.37. The van der Waals surface area contributed by atoms with E-state index in [1.807, 2.05) is 11.0 Å². The Bertz CT molecular complexity index is 257. The van der Waals surface area contributed by atoms with E-state index in [0.29, 0.717) is 39.3 Å². The van der Waals surface area contributed by atoms with Crippen molar-refractivity contribution in [3.8, 4) is 6.07 Å². The minimum Gasteiger partial charge on any atom is -0.481 e. The summed E-state index contributed by atoms with van der Waals surface area (Å²) in [4.78, 5) is 13.1. The van der Waals surface area contributed by atoms with Crippen molar-refractivity contribution in [1.29, 1.82) is 5.26 Å². The Labute approximate surface area is 108 Å². The Balaban J connectivity index is 4.28. The van der Waals surface area contributed by atoms with Gasteiger partial charge in [-0.05, 0) is 6.42 Å². The summed E-state index contributed by atoms with van der Waals surface area (Å²) in [7, 11) is 3.22. The van der Waals surface area contributed by atoms with Gasteiger partial charge in [-0.25, -0.2) is 0 Å². The fourth-order valence-electron chi connectivity index (χ4n) is 1.58. The molecule has 0 heterocycles. The smallest absolute Gasteiger partial charge is 0.307 e. The van der Waals surface area contributed by atoms with E-state index >= 15 is 0 Å². The van der Waals surface area contributed by atoms with Crippen LogP contribution in [-0.2, 0) is 14.3 Å². The summed E-state index contributed by atoms with van der Waals surface area (Å²) in [6.07, 6.45) is 0.641. The Hall–Kier alpha value is -1.16. The number of methoxy groups -OCH3 is 2. The highest BCUT2D eigenvalue weighted by atomic mass is 16.5. The van der Waals surface area contributed by atoms with Crippen LogP contribution in [0.5, 0.6) is 0 Å². The minimum atomic E-state index is -0.856. The number of carboxylic acid groups (broad SMARTS) is 1. The molecule has 0 radical (unpaired) electrons. The van der Waals surface area contributed by atoms with Crippen LogP contribution in [-0.4, -0.2) is 63.0 Å². The predicted octanol–water partition coefficient (Wildman–Crippen LogP) is 0.586. The quantitative estimate of drug-likeness (QED) is 0.584. The minimum absolute atomic E-state index is 0.263. The van der Waals surface area contributed by atoms with Gasteiger partial charge in [0.05, 0.1) is 25.2 Å². The van der Waals surface area contributed by atoms with Crippen LogP contribution in [0.4, 0.5) is 0 Å². The molecule has 0 saturated carbocycles. The van der Waals surface area contributed by atoms with E-state index in [4.69, 9.17) is 19.8 Å². The summed E-state index contributed by atoms with van der Waals surface area (Å²) in [6, 6.07) is 1.98. The third-order valence-corrected chi connectivity index (χ3v) is 2.66. The molecule has 104 valence electrons. The number of aliphatic carboxylic acids is 1. The van der Waals surface area contributed by atoms with Gasteiger partial charge in [0.2, 0.25) is 0 Å². The van der Waals surface area contributed by atoms with Crippen LogP contribution < -0.4 is 0 Å². The second-order valence-electron chi connectivity index (χ2n) is 4.02. The average Bonchev–Trinajstić information content (AvgIpc) is 2.36. The molecular formula is C12H22N2O4. The zero-order chi connectivity index (χ0) is 13.8. The maximum Gasteiger partial charge on any atom is 0.307 e. The average molecular weight is 258 g/mol. The van der Waals surface area contributed by atoms with Crippen molar-refractivity contribution >= 4 is 5.97 Å². The first-order chi connectivity index (χ1) is 8.65. The molecule has 6 heteroatoms. The molecule has 6 nitrogen and oxygen atoms in total. The second kappa shape index (κ2) is 11.0. The highest BCUT2D eigenvalue weighted by molar-refractivity contribution is 5.70. The number of ether oxygens (including phenoxy) is 2. The molecule has 0 aromatic carbocycles. The monoisotopic (exact) mass is 258 g/mol. The fourth-order valence-corrected chi connectivity index (χ4v) is 1.58. The molecule has 0 aliphatic heterocycles. The molecule has 0 rings (SSSR count). The topological polar surface area (TPSA) is 82.8 Å². The van der Waals surface area contributed by atoms with E-state index in [0.717, 1.165) is 0 Å². The number of hydrogen-bond acceptors (Lipinski definition) is 5. The summed E-state index contributed by atoms with van der Waals surface area (Å²) in [5, 5.41) is 17.6. The number of carbonyl (C=O) groups is 1. The number of carboxylic acids is 1. The number of rotatable bonds is 11. The van der Waals surface area contributed by atoms with Gasteiger partial charge in [0.15, 0.2) is 0 Å². The van der Waals surface area contributed by atoms with Gasteiger partial charge >= 0.3 is 5.97 Å². The molecule has 0 saturated heterocycles. The van der Waals surface area contributed by atoms with Crippen LogP contribution in [0.1, 0.15) is 12.8 Å². The Morgan fingerprint density at radius 1 is 1.33 bits per heavy atom. The normalized spacial score (nSPS) is 12.3. The lowest BCUT2D eigenvalue weighted by Gasteiger charge is -2.24. The fraction of sp³-hybridized carbons (Fsp3) is 0.833. The van der Waals surface area contributed by atoms with Gasteiger partial charge in [0.1, 0.15) is 0 Å². The molecule has 0 aliphatic carbocycles. The molecule has 0 aromatic rings. The van der Waals surface area contributed by atoms with Crippen LogP contribution >= 0.6 is 0 Å². The predicted molar refractivity (Wildman–Crippen MR) is 66.2 cm³/mol. The van der Waals surface area contributed by atoms with Crippen LogP contribution in [0.2, 0.25) is 0 Å². The first kappa shape index (κ1) is 16.8. The SMILES string of the molecule is COCCN(CCOC)CC(CCC#N)C(=O)O. The van der Waals surface area contributed by atoms with E-state index in [2.05, 4.69) is 0 Å². The van der Waals surface area contributed by atoms with E-state index < -0.39 is 11.9 Å². The first-order valence-electron chi connectivity index (χ1n) is 5.95. The van der Waals surface area contributed by atoms with Gasteiger partial charge in [-0.3, -0.25) is 9.69 Å². The zero-order valence-corrected chi connectivity index (χ0v) is 11.1. The molecule has 0 aromatic heterocycles. The maximum atomic E-state index is 11.1. The van der Waals surface area contributed by atoms with Gasteiger partial charge in [0, 0.05) is 40.3 Å². The van der Waals surface area contributed by atoms with Crippen molar-refractivity contribution in [2.75, 3.05) is 47.1 Å². The Kier molecular flexibility index (Phi) is 10.3. The number of nitriles is 1. The molecule has 1 N–H and O–H groups in total. The highest BCUT2D eigenvalue weighted by Gasteiger charge is 2.20. The standard InChI is InChI=1S/C12H22N2O4/c1-17-8-6-14(7-9-18-2)10-11(12(15)16)4-3-5-13/h11H,3-4,6-10H2,1-2H3,(H,15,16). The molecular weight excluding hydrogens is 236 g/mol. The molecule has 1 atom stereocenters. The summed E-state index contributed by atoms with van der Waals surface area (Å²) in [6.45, 7) is 2.85. The van der Waals surface area contributed by atoms with Crippen LogP contribution in [0, 0.1) is 17.2 Å². The van der Waals surface area contributed by atoms with Crippen molar-refractivity contribution in [1.82, 2.24) is 4.90 Å². The zero-order valence-electron chi connectivity index (χ0n) is 11.1. The van der Waals surface area contributed by atoms with Crippen molar-refractivity contribution in [3.05, 3.63) is 0 Å². The van der Waals surface area contributed by atoms with Gasteiger partial charge in [-0.15, -0.1) is 0 Å². The molecule has 0 bridgehead atoms. The van der Waals surface area contributed by atoms with Crippen molar-refractivity contribution < 1.29 is 19.4 Å². The van der Waals surface area contributed by atoms with Crippen molar-refractivity contribution in [2.45, 2.75) is 12.8 Å². The Morgan fingerprint density at radius 3 is 2.28 bits per heavy atom. The molecule has 0 amide bonds. The van der Waals surface area contributed by atoms with Gasteiger partial charge in [0.25, 0.3) is 0 Å². The summed E-state index contributed by atoms with van der Waals surface area (Å²) < 4.78 is 9.99. The highest BCUT2D eigenvalue weighted by Crippen LogP contribution is 2.09. The van der Waals surface area contributed by atoms with Gasteiger partial charge < -0.3 is 14.6 Å². The number of nitrogens with zero attached hydrogens (tertiary/aromatic N) is 2. The lowest BCUT2D eigenvalue weighted by molar-refractivity contribution is -0.142. The maximum absolute atomic E-state index is 11.1. The first-order valence-corrected chi connectivity index (χ1v) is 5.95. The molecule has 0 spiro atoms. The van der Waals surface area contributed by atoms with Crippen LogP contribution in [0.25, 0.3) is 0 Å².